The Kier molecular flexibility index (Phi) is 4.69. The highest BCUT2D eigenvalue weighted by atomic mass is 79.9. The molecule has 34 heavy (non-hydrogen) atoms. The quantitative estimate of drug-likeness (QED) is 0.386. The van der Waals surface area contributed by atoms with Crippen molar-refractivity contribution in [1.29, 1.82) is 0 Å². The summed E-state index contributed by atoms with van der Waals surface area (Å²) in [5.74, 6) is -4.27. The molecule has 3 unspecified atom stereocenters. The molecule has 1 aliphatic carbocycles. The normalized spacial score (nSPS) is 24.7. The molecule has 1 spiro atoms. The summed E-state index contributed by atoms with van der Waals surface area (Å²) < 4.78 is 7.10. The second kappa shape index (κ2) is 7.55. The minimum Gasteiger partial charge on any atom is -0.349 e. The SMILES string of the molecule is O=C1C2C(c3ccc(Br)cc3)OC3(C(=O)c4ccccc4C3=O)C2C(=O)N1Cc1ccccc1. The maximum absolute atomic E-state index is 13.7. The van der Waals surface area contributed by atoms with E-state index in [0.29, 0.717) is 5.56 Å². The van der Waals surface area contributed by atoms with Gasteiger partial charge in [0.15, 0.2) is 0 Å². The van der Waals surface area contributed by atoms with Crippen LogP contribution in [0.15, 0.2) is 83.3 Å². The molecule has 0 N–H and O–H groups in total. The minimum atomic E-state index is -2.04. The number of carbonyl (C=O) groups excluding carboxylic acids is 4. The standard InChI is InChI=1S/C27H18BrNO5/c28-17-12-10-16(11-13-17)22-20-21(26(33)29(25(20)32)14-15-6-2-1-3-7-15)27(34-22)23(30)18-8-4-5-9-19(18)24(27)31/h1-13,20-22H,14H2. The molecule has 7 heteroatoms. The lowest BCUT2D eigenvalue weighted by Gasteiger charge is -2.27. The number of rotatable bonds is 3. The summed E-state index contributed by atoms with van der Waals surface area (Å²) in [5, 5.41) is 0. The molecule has 3 atom stereocenters. The highest BCUT2D eigenvalue weighted by Gasteiger charge is 2.74. The lowest BCUT2D eigenvalue weighted by Crippen LogP contribution is -2.50. The average Bonchev–Trinajstić information content (AvgIpc) is 3.41. The second-order valence-electron chi connectivity index (χ2n) is 8.78. The number of amides is 2. The molecule has 2 amide bonds. The van der Waals surface area contributed by atoms with E-state index in [2.05, 4.69) is 15.9 Å². The molecule has 0 radical (unpaired) electrons. The van der Waals surface area contributed by atoms with Gasteiger partial charge in [-0.1, -0.05) is 82.7 Å². The van der Waals surface area contributed by atoms with Gasteiger partial charge in [0.05, 0.1) is 24.5 Å². The molecule has 0 bridgehead atoms. The molecule has 3 aliphatic rings. The Morgan fingerprint density at radius 1 is 0.765 bits per heavy atom. The molecule has 0 aromatic heterocycles. The molecule has 2 saturated heterocycles. The Bertz CT molecular complexity index is 1330. The van der Waals surface area contributed by atoms with Crippen LogP contribution in [-0.2, 0) is 20.9 Å². The first kappa shape index (κ1) is 21.1. The zero-order valence-electron chi connectivity index (χ0n) is 17.8. The van der Waals surface area contributed by atoms with E-state index >= 15 is 0 Å². The number of fused-ring (bicyclic) bond motifs is 3. The number of Topliss-reactive ketones (excluding diaryl/α,β-unsaturated/α-hetero) is 2. The summed E-state index contributed by atoms with van der Waals surface area (Å²) >= 11 is 3.40. The van der Waals surface area contributed by atoms with E-state index in [0.717, 1.165) is 10.0 Å². The van der Waals surface area contributed by atoms with Gasteiger partial charge in [0.25, 0.3) is 0 Å². The van der Waals surface area contributed by atoms with Gasteiger partial charge in [-0.2, -0.15) is 0 Å². The van der Waals surface area contributed by atoms with Gasteiger partial charge >= 0.3 is 0 Å². The molecule has 0 saturated carbocycles. The van der Waals surface area contributed by atoms with Crippen molar-refractivity contribution in [2.75, 3.05) is 0 Å². The van der Waals surface area contributed by atoms with Crippen LogP contribution in [0.5, 0.6) is 0 Å². The van der Waals surface area contributed by atoms with Crippen molar-refractivity contribution in [1.82, 2.24) is 4.90 Å². The second-order valence-corrected chi connectivity index (χ2v) is 9.70. The predicted octanol–water partition coefficient (Wildman–Crippen LogP) is 4.14. The van der Waals surface area contributed by atoms with Crippen molar-refractivity contribution in [3.8, 4) is 0 Å². The fraction of sp³-hybridized carbons (Fsp3) is 0.185. The minimum absolute atomic E-state index is 0.0734. The first-order valence-electron chi connectivity index (χ1n) is 10.9. The van der Waals surface area contributed by atoms with Crippen molar-refractivity contribution in [3.63, 3.8) is 0 Å². The monoisotopic (exact) mass is 515 g/mol. The number of nitrogens with zero attached hydrogens (tertiary/aromatic N) is 1. The topological polar surface area (TPSA) is 80.8 Å². The molecule has 168 valence electrons. The summed E-state index contributed by atoms with van der Waals surface area (Å²) in [4.78, 5) is 56.0. The summed E-state index contributed by atoms with van der Waals surface area (Å²) in [5.41, 5.74) is -0.167. The van der Waals surface area contributed by atoms with Crippen LogP contribution in [-0.4, -0.2) is 33.9 Å². The molecule has 3 aromatic carbocycles. The van der Waals surface area contributed by atoms with Crippen LogP contribution in [0.3, 0.4) is 0 Å². The Morgan fingerprint density at radius 3 is 1.97 bits per heavy atom. The van der Waals surface area contributed by atoms with E-state index in [1.807, 2.05) is 30.3 Å². The summed E-state index contributed by atoms with van der Waals surface area (Å²) in [6.07, 6.45) is -0.905. The van der Waals surface area contributed by atoms with Crippen LogP contribution in [0.1, 0.15) is 37.9 Å². The van der Waals surface area contributed by atoms with Crippen molar-refractivity contribution in [2.45, 2.75) is 18.2 Å². The maximum atomic E-state index is 13.7. The van der Waals surface area contributed by atoms with Gasteiger partial charge in [0.2, 0.25) is 29.0 Å². The van der Waals surface area contributed by atoms with Gasteiger partial charge in [-0.25, -0.2) is 0 Å². The number of ether oxygens (including phenoxy) is 1. The van der Waals surface area contributed by atoms with Crippen molar-refractivity contribution in [3.05, 3.63) is 106 Å². The van der Waals surface area contributed by atoms with Gasteiger partial charge in [-0.15, -0.1) is 0 Å². The number of likely N-dealkylation sites (tertiary alicyclic amines) is 1. The Morgan fingerprint density at radius 2 is 1.35 bits per heavy atom. The Labute approximate surface area is 203 Å². The first-order valence-corrected chi connectivity index (χ1v) is 11.7. The van der Waals surface area contributed by atoms with Crippen molar-refractivity contribution < 1.29 is 23.9 Å². The largest absolute Gasteiger partial charge is 0.349 e. The Balaban J connectivity index is 1.49. The third kappa shape index (κ3) is 2.77. The van der Waals surface area contributed by atoms with Gasteiger partial charge in [-0.3, -0.25) is 24.1 Å². The number of hydrogen-bond acceptors (Lipinski definition) is 5. The van der Waals surface area contributed by atoms with Crippen LogP contribution in [0, 0.1) is 11.8 Å². The number of benzene rings is 3. The third-order valence-corrected chi connectivity index (χ3v) is 7.52. The lowest BCUT2D eigenvalue weighted by molar-refractivity contribution is -0.145. The summed E-state index contributed by atoms with van der Waals surface area (Å²) in [7, 11) is 0. The van der Waals surface area contributed by atoms with Crippen LogP contribution >= 0.6 is 15.9 Å². The van der Waals surface area contributed by atoms with Crippen LogP contribution in [0.2, 0.25) is 0 Å². The predicted molar refractivity (Wildman–Crippen MR) is 125 cm³/mol. The van der Waals surface area contributed by atoms with Gasteiger partial charge < -0.3 is 4.74 Å². The van der Waals surface area contributed by atoms with Crippen molar-refractivity contribution >= 4 is 39.3 Å². The molecule has 2 fully saturated rings. The van der Waals surface area contributed by atoms with Gasteiger partial charge in [0.1, 0.15) is 0 Å². The van der Waals surface area contributed by atoms with E-state index in [4.69, 9.17) is 4.74 Å². The highest BCUT2D eigenvalue weighted by molar-refractivity contribution is 9.10. The summed E-state index contributed by atoms with van der Waals surface area (Å²) in [6, 6.07) is 22.8. The van der Waals surface area contributed by atoms with Gasteiger partial charge in [0, 0.05) is 15.6 Å². The fourth-order valence-electron chi connectivity index (χ4n) is 5.45. The number of ketones is 2. The Hall–Kier alpha value is -3.42. The average molecular weight is 516 g/mol. The number of imide groups is 1. The zero-order chi connectivity index (χ0) is 23.6. The van der Waals surface area contributed by atoms with E-state index in [1.54, 1.807) is 48.5 Å². The zero-order valence-corrected chi connectivity index (χ0v) is 19.4. The van der Waals surface area contributed by atoms with E-state index in [9.17, 15) is 19.2 Å². The molecule has 6 rings (SSSR count). The molecule has 3 aromatic rings. The van der Waals surface area contributed by atoms with E-state index in [1.165, 1.54) is 4.90 Å². The molecule has 2 heterocycles. The summed E-state index contributed by atoms with van der Waals surface area (Å²) in [6.45, 7) is 0.0734. The van der Waals surface area contributed by atoms with Gasteiger partial charge in [-0.05, 0) is 23.3 Å². The smallest absolute Gasteiger partial charge is 0.237 e. The molecule has 2 aliphatic heterocycles. The number of halogens is 1. The van der Waals surface area contributed by atoms with Crippen molar-refractivity contribution in [2.24, 2.45) is 11.8 Å². The molecule has 6 nitrogen and oxygen atoms in total. The lowest BCUT2D eigenvalue weighted by atomic mass is 9.77. The fourth-order valence-corrected chi connectivity index (χ4v) is 5.72. The van der Waals surface area contributed by atoms with Crippen LogP contribution in [0.25, 0.3) is 0 Å². The third-order valence-electron chi connectivity index (χ3n) is 6.99. The number of carbonyl (C=O) groups is 4. The molecular weight excluding hydrogens is 498 g/mol. The number of hydrogen-bond donors (Lipinski definition) is 0. The maximum Gasteiger partial charge on any atom is 0.237 e. The van der Waals surface area contributed by atoms with Crippen LogP contribution in [0.4, 0.5) is 0 Å². The van der Waals surface area contributed by atoms with E-state index < -0.39 is 46.9 Å². The first-order chi connectivity index (χ1) is 16.4. The molecular formula is C27H18BrNO5. The van der Waals surface area contributed by atoms with Crippen LogP contribution < -0.4 is 0 Å². The highest BCUT2D eigenvalue weighted by Crippen LogP contribution is 2.57. The van der Waals surface area contributed by atoms with E-state index in [-0.39, 0.29) is 17.7 Å².